The zero-order chi connectivity index (χ0) is 20.0. The monoisotopic (exact) mass is 382 g/mol. The van der Waals surface area contributed by atoms with Crippen molar-refractivity contribution in [1.29, 1.82) is 0 Å². The predicted molar refractivity (Wildman–Crippen MR) is 91.7 cm³/mol. The molecule has 0 atom stereocenters. The molecule has 2 aromatic carbocycles. The van der Waals surface area contributed by atoms with Crippen LogP contribution in [0, 0.1) is 0 Å². The molecule has 0 aromatic heterocycles. The molecule has 0 heterocycles. The van der Waals surface area contributed by atoms with Gasteiger partial charge in [-0.25, -0.2) is 0 Å². The Hall–Kier alpha value is -3.23. The van der Waals surface area contributed by atoms with Crippen LogP contribution < -0.4 is 14.8 Å². The van der Waals surface area contributed by atoms with E-state index in [1.807, 2.05) is 0 Å². The summed E-state index contributed by atoms with van der Waals surface area (Å²) in [5.41, 5.74) is 0.634. The van der Waals surface area contributed by atoms with Gasteiger partial charge in [0, 0.05) is 24.4 Å². The molecular formula is C18H17F3N2O4. The summed E-state index contributed by atoms with van der Waals surface area (Å²) >= 11 is 0. The van der Waals surface area contributed by atoms with E-state index in [1.165, 1.54) is 26.3 Å². The summed E-state index contributed by atoms with van der Waals surface area (Å²) in [5, 5.41) is 2.63. The number of alkyl halides is 3. The van der Waals surface area contributed by atoms with Gasteiger partial charge < -0.3 is 19.7 Å². The Balaban J connectivity index is 1.95. The molecule has 0 aliphatic carbocycles. The molecule has 0 spiro atoms. The highest BCUT2D eigenvalue weighted by atomic mass is 19.4. The normalized spacial score (nSPS) is 10.9. The van der Waals surface area contributed by atoms with Crippen molar-refractivity contribution in [3.05, 3.63) is 54.1 Å². The fourth-order valence-electron chi connectivity index (χ4n) is 2.21. The fourth-order valence-corrected chi connectivity index (χ4v) is 2.21. The van der Waals surface area contributed by atoms with Crippen LogP contribution in [-0.4, -0.2) is 43.8 Å². The molecule has 27 heavy (non-hydrogen) atoms. The molecule has 0 aliphatic rings. The van der Waals surface area contributed by atoms with Crippen LogP contribution in [0.2, 0.25) is 0 Å². The lowest BCUT2D eigenvalue weighted by molar-refractivity contribution is -0.274. The highest BCUT2D eigenvalue weighted by Crippen LogP contribution is 2.23. The van der Waals surface area contributed by atoms with E-state index in [2.05, 4.69) is 10.1 Å². The van der Waals surface area contributed by atoms with Gasteiger partial charge in [0.1, 0.15) is 11.5 Å². The lowest BCUT2D eigenvalue weighted by Gasteiger charge is -2.17. The third kappa shape index (κ3) is 6.21. The average molecular weight is 382 g/mol. The molecule has 144 valence electrons. The lowest BCUT2D eigenvalue weighted by atomic mass is 10.2. The van der Waals surface area contributed by atoms with Gasteiger partial charge in [0.25, 0.3) is 5.91 Å². The van der Waals surface area contributed by atoms with Crippen molar-refractivity contribution >= 4 is 17.5 Å². The molecule has 0 aliphatic heterocycles. The summed E-state index contributed by atoms with van der Waals surface area (Å²) in [4.78, 5) is 25.5. The van der Waals surface area contributed by atoms with E-state index in [9.17, 15) is 22.8 Å². The van der Waals surface area contributed by atoms with E-state index in [1.54, 1.807) is 24.3 Å². The smallest absolute Gasteiger partial charge is 0.497 e. The lowest BCUT2D eigenvalue weighted by Crippen LogP contribution is -2.34. The molecule has 2 amide bonds. The molecule has 0 saturated heterocycles. The Morgan fingerprint density at radius 2 is 1.74 bits per heavy atom. The number of hydrogen-bond acceptors (Lipinski definition) is 4. The van der Waals surface area contributed by atoms with Crippen LogP contribution >= 0.6 is 0 Å². The van der Waals surface area contributed by atoms with Crippen molar-refractivity contribution in [3.63, 3.8) is 0 Å². The molecule has 0 bridgehead atoms. The number of nitrogens with one attached hydrogen (secondary N) is 1. The first-order chi connectivity index (χ1) is 12.7. The number of ether oxygens (including phenoxy) is 2. The molecular weight excluding hydrogens is 365 g/mol. The maximum atomic E-state index is 12.3. The molecule has 2 rings (SSSR count). The third-order valence-electron chi connectivity index (χ3n) is 3.42. The van der Waals surface area contributed by atoms with Crippen LogP contribution in [0.1, 0.15) is 10.4 Å². The largest absolute Gasteiger partial charge is 0.573 e. The van der Waals surface area contributed by atoms with Gasteiger partial charge in [0.2, 0.25) is 5.91 Å². The number of halogens is 3. The van der Waals surface area contributed by atoms with Crippen LogP contribution in [0.3, 0.4) is 0 Å². The van der Waals surface area contributed by atoms with Crippen molar-refractivity contribution in [2.24, 2.45) is 0 Å². The number of hydrogen-bond donors (Lipinski definition) is 1. The zero-order valence-electron chi connectivity index (χ0n) is 14.5. The molecule has 6 nitrogen and oxygen atoms in total. The number of methoxy groups -OCH3 is 1. The number of carbonyl (C=O) groups excluding carboxylic acids is 2. The number of benzene rings is 2. The topological polar surface area (TPSA) is 67.9 Å². The molecule has 0 unspecified atom stereocenters. The van der Waals surface area contributed by atoms with Gasteiger partial charge in [-0.05, 0) is 36.4 Å². The van der Waals surface area contributed by atoms with Gasteiger partial charge >= 0.3 is 6.36 Å². The molecule has 0 fully saturated rings. The summed E-state index contributed by atoms with van der Waals surface area (Å²) < 4.78 is 45.3. The van der Waals surface area contributed by atoms with E-state index in [-0.39, 0.29) is 12.1 Å². The molecule has 1 N–H and O–H groups in total. The standard InChI is InChI=1S/C18H17F3N2O4/c1-23(11-16(24)22-13-4-3-5-15(10-13)26-2)17(25)12-6-8-14(9-7-12)27-18(19,20)21/h3-10H,11H2,1-2H3,(H,22,24). The summed E-state index contributed by atoms with van der Waals surface area (Å²) in [7, 11) is 2.91. The Morgan fingerprint density at radius 3 is 2.33 bits per heavy atom. The van der Waals surface area contributed by atoms with Crippen molar-refractivity contribution in [1.82, 2.24) is 4.90 Å². The average Bonchev–Trinajstić information content (AvgIpc) is 2.60. The molecule has 2 aromatic rings. The second kappa shape index (κ2) is 8.43. The Morgan fingerprint density at radius 1 is 1.07 bits per heavy atom. The minimum atomic E-state index is -4.81. The summed E-state index contributed by atoms with van der Waals surface area (Å²) in [6.45, 7) is -0.239. The number of carbonyl (C=O) groups is 2. The highest BCUT2D eigenvalue weighted by Gasteiger charge is 2.31. The number of likely N-dealkylation sites (N-methyl/N-ethyl adjacent to an activating group) is 1. The number of nitrogens with zero attached hydrogens (tertiary/aromatic N) is 1. The van der Waals surface area contributed by atoms with E-state index in [0.29, 0.717) is 11.4 Å². The van der Waals surface area contributed by atoms with Gasteiger partial charge in [-0.3, -0.25) is 9.59 Å². The Kier molecular flexibility index (Phi) is 6.27. The van der Waals surface area contributed by atoms with Gasteiger partial charge in [-0.2, -0.15) is 0 Å². The van der Waals surface area contributed by atoms with Crippen molar-refractivity contribution in [2.45, 2.75) is 6.36 Å². The van der Waals surface area contributed by atoms with E-state index < -0.39 is 23.9 Å². The Bertz CT molecular complexity index is 807. The molecule has 0 saturated carbocycles. The summed E-state index contributed by atoms with van der Waals surface area (Å²) in [5.74, 6) is -0.818. The SMILES string of the molecule is COc1cccc(NC(=O)CN(C)C(=O)c2ccc(OC(F)(F)F)cc2)c1. The first-order valence-electron chi connectivity index (χ1n) is 7.73. The molecule has 9 heteroatoms. The zero-order valence-corrected chi connectivity index (χ0v) is 14.5. The van der Waals surface area contributed by atoms with Crippen molar-refractivity contribution in [3.8, 4) is 11.5 Å². The van der Waals surface area contributed by atoms with Crippen molar-refractivity contribution < 1.29 is 32.2 Å². The number of amides is 2. The number of rotatable bonds is 6. The first kappa shape index (κ1) is 20.1. The van der Waals surface area contributed by atoms with Crippen LogP contribution in [0.25, 0.3) is 0 Å². The second-order valence-electron chi connectivity index (χ2n) is 5.51. The van der Waals surface area contributed by atoms with E-state index in [0.717, 1.165) is 17.0 Å². The number of anilines is 1. The van der Waals surface area contributed by atoms with Crippen LogP contribution in [0.4, 0.5) is 18.9 Å². The minimum Gasteiger partial charge on any atom is -0.497 e. The van der Waals surface area contributed by atoms with Gasteiger partial charge in [0.15, 0.2) is 0 Å². The predicted octanol–water partition coefficient (Wildman–Crippen LogP) is 3.30. The van der Waals surface area contributed by atoms with Crippen LogP contribution in [-0.2, 0) is 4.79 Å². The fraction of sp³-hybridized carbons (Fsp3) is 0.222. The quantitative estimate of drug-likeness (QED) is 0.833. The minimum absolute atomic E-state index is 0.126. The maximum absolute atomic E-state index is 12.3. The Labute approximate surface area is 153 Å². The van der Waals surface area contributed by atoms with Crippen LogP contribution in [0.5, 0.6) is 11.5 Å². The molecule has 0 radical (unpaired) electrons. The maximum Gasteiger partial charge on any atom is 0.573 e. The van der Waals surface area contributed by atoms with Crippen LogP contribution in [0.15, 0.2) is 48.5 Å². The third-order valence-corrected chi connectivity index (χ3v) is 3.42. The second-order valence-corrected chi connectivity index (χ2v) is 5.51. The van der Waals surface area contributed by atoms with E-state index in [4.69, 9.17) is 4.74 Å². The first-order valence-corrected chi connectivity index (χ1v) is 7.73. The highest BCUT2D eigenvalue weighted by molar-refractivity contribution is 5.99. The van der Waals surface area contributed by atoms with Gasteiger partial charge in [-0.15, -0.1) is 13.2 Å². The van der Waals surface area contributed by atoms with Gasteiger partial charge in [0.05, 0.1) is 13.7 Å². The van der Waals surface area contributed by atoms with E-state index >= 15 is 0 Å². The van der Waals surface area contributed by atoms with Crippen molar-refractivity contribution in [2.75, 3.05) is 26.0 Å². The summed E-state index contributed by atoms with van der Waals surface area (Å²) in [6.07, 6.45) is -4.81. The summed E-state index contributed by atoms with van der Waals surface area (Å²) in [6, 6.07) is 11.2. The van der Waals surface area contributed by atoms with Gasteiger partial charge in [-0.1, -0.05) is 6.07 Å².